The van der Waals surface area contributed by atoms with Crippen molar-refractivity contribution >= 4 is 0 Å². The Labute approximate surface area is 121 Å². The molecule has 0 saturated carbocycles. The summed E-state index contributed by atoms with van der Waals surface area (Å²) in [6, 6.07) is 0. The summed E-state index contributed by atoms with van der Waals surface area (Å²) in [5.74, 6) is -2.21. The van der Waals surface area contributed by atoms with Crippen LogP contribution in [0, 0.1) is 0 Å². The highest BCUT2D eigenvalue weighted by Gasteiger charge is 2.26. The normalized spacial score (nSPS) is 16.5. The maximum Gasteiger partial charge on any atom is 0.219 e. The van der Waals surface area contributed by atoms with Gasteiger partial charge in [0.15, 0.2) is 0 Å². The van der Waals surface area contributed by atoms with Crippen molar-refractivity contribution in [2.45, 2.75) is 43.5 Å². The van der Waals surface area contributed by atoms with Gasteiger partial charge in [-0.3, -0.25) is 15.7 Å². The third-order valence-electron chi connectivity index (χ3n) is 2.91. The maximum atomic E-state index is 9.76. The highest BCUT2D eigenvalue weighted by atomic mass is 16.5. The Morgan fingerprint density at radius 1 is 1.14 bits per heavy atom. The predicted molar refractivity (Wildman–Crippen MR) is 70.4 cm³/mol. The Bertz CT molecular complexity index is 422. The van der Waals surface area contributed by atoms with Gasteiger partial charge in [-0.15, -0.1) is 0 Å². The first-order valence-corrected chi connectivity index (χ1v) is 6.44. The molecule has 21 heavy (non-hydrogen) atoms. The van der Waals surface area contributed by atoms with Gasteiger partial charge in [0.05, 0.1) is 24.2 Å². The number of hydrogen-bond donors (Lipinski definition) is 7. The van der Waals surface area contributed by atoms with E-state index in [1.165, 1.54) is 12.4 Å². The molecule has 120 valence electrons. The van der Waals surface area contributed by atoms with Crippen LogP contribution in [0.25, 0.3) is 0 Å². The van der Waals surface area contributed by atoms with Gasteiger partial charge in [-0.05, 0) is 12.8 Å². The fourth-order valence-electron chi connectivity index (χ4n) is 1.67. The molecule has 1 heterocycles. The number of aliphatic hydroxyl groups is 6. The zero-order chi connectivity index (χ0) is 16.0. The molecular weight excluding hydrogens is 282 g/mol. The van der Waals surface area contributed by atoms with Gasteiger partial charge in [0.25, 0.3) is 0 Å². The summed E-state index contributed by atoms with van der Waals surface area (Å²) >= 11 is 0. The molecule has 0 spiro atoms. The molecule has 0 aliphatic heterocycles. The van der Waals surface area contributed by atoms with Gasteiger partial charge < -0.3 is 30.6 Å². The van der Waals surface area contributed by atoms with Crippen molar-refractivity contribution in [3.8, 4) is 0 Å². The van der Waals surface area contributed by atoms with Crippen LogP contribution in [0.2, 0.25) is 0 Å². The van der Waals surface area contributed by atoms with Gasteiger partial charge >= 0.3 is 0 Å². The number of nitrogens with two attached hydrogens (primary N) is 1. The minimum absolute atomic E-state index is 0.0273. The maximum absolute atomic E-state index is 9.76. The third kappa shape index (κ3) is 5.98. The predicted octanol–water partition coefficient (Wildman–Crippen LogP) is -2.86. The molecule has 1 rings (SSSR count). The van der Waals surface area contributed by atoms with E-state index in [0.717, 1.165) is 0 Å². The largest absolute Gasteiger partial charge is 0.394 e. The molecule has 1 aromatic heterocycles. The zero-order valence-corrected chi connectivity index (χ0v) is 11.4. The number of aryl methyl sites for hydroxylation is 1. The van der Waals surface area contributed by atoms with Gasteiger partial charge in [0, 0.05) is 12.6 Å². The second-order valence-electron chi connectivity index (χ2n) is 4.85. The van der Waals surface area contributed by atoms with Crippen LogP contribution in [0.1, 0.15) is 30.3 Å². The molecule has 0 radical (unpaired) electrons. The fraction of sp³-hybridized carbons (Fsp3) is 0.667. The monoisotopic (exact) mass is 303 g/mol. The molecule has 0 saturated heterocycles. The molecule has 9 nitrogen and oxygen atoms in total. The summed E-state index contributed by atoms with van der Waals surface area (Å²) in [5, 5.41) is 55.1. The Morgan fingerprint density at radius 3 is 2.29 bits per heavy atom. The van der Waals surface area contributed by atoms with Crippen LogP contribution in [0.5, 0.6) is 0 Å². The molecule has 0 fully saturated rings. The summed E-state index contributed by atoms with van der Waals surface area (Å²) in [6.45, 7) is -0.688. The molecule has 0 amide bonds. The minimum Gasteiger partial charge on any atom is -0.394 e. The lowest BCUT2D eigenvalue weighted by Crippen LogP contribution is -2.38. The van der Waals surface area contributed by atoms with E-state index in [1.54, 1.807) is 0 Å². The van der Waals surface area contributed by atoms with Crippen LogP contribution in [-0.2, 0) is 6.42 Å². The topological polar surface area (TPSA) is 173 Å². The molecule has 0 aliphatic carbocycles. The molecule has 0 bridgehead atoms. The molecule has 9 heteroatoms. The van der Waals surface area contributed by atoms with Crippen molar-refractivity contribution < 1.29 is 30.6 Å². The molecule has 0 aliphatic rings. The summed E-state index contributed by atoms with van der Waals surface area (Å²) in [6.07, 6.45) is -1.16. The van der Waals surface area contributed by atoms with Gasteiger partial charge in [0.2, 0.25) is 5.91 Å². The van der Waals surface area contributed by atoms with Gasteiger partial charge in [-0.25, -0.2) is 0 Å². The van der Waals surface area contributed by atoms with E-state index in [1.807, 2.05) is 0 Å². The highest BCUT2D eigenvalue weighted by molar-refractivity contribution is 5.07. The Balaban J connectivity index is 2.57. The summed E-state index contributed by atoms with van der Waals surface area (Å²) in [7, 11) is 0. The van der Waals surface area contributed by atoms with Crippen LogP contribution < -0.4 is 5.73 Å². The number of rotatable bonds is 8. The van der Waals surface area contributed by atoms with Crippen molar-refractivity contribution in [2.24, 2.45) is 5.73 Å². The van der Waals surface area contributed by atoms with Crippen molar-refractivity contribution in [3.05, 3.63) is 23.8 Å². The average Bonchev–Trinajstić information content (AvgIpc) is 2.44. The number of aliphatic hydroxyl groups excluding tert-OH is 4. The van der Waals surface area contributed by atoms with Crippen molar-refractivity contribution in [1.82, 2.24) is 9.97 Å². The van der Waals surface area contributed by atoms with E-state index in [9.17, 15) is 15.3 Å². The number of aromatic nitrogens is 2. The standard InChI is InChI=1S/C12H21N3O6/c13-12(20,21)3-1-2-7-4-15-8(5-14-7)10(18)11(19)9(17)6-16/h4-5,9-11,16-21H,1-3,6,13H2. The quantitative estimate of drug-likeness (QED) is 0.249. The SMILES string of the molecule is NC(O)(O)CCCc1cnc(C(O)C(O)C(O)CO)cn1. The molecule has 0 aromatic carbocycles. The average molecular weight is 303 g/mol. The van der Waals surface area contributed by atoms with E-state index in [2.05, 4.69) is 9.97 Å². The second-order valence-corrected chi connectivity index (χ2v) is 4.85. The van der Waals surface area contributed by atoms with Crippen LogP contribution in [0.3, 0.4) is 0 Å². The lowest BCUT2D eigenvalue weighted by molar-refractivity contribution is -0.160. The smallest absolute Gasteiger partial charge is 0.219 e. The first kappa shape index (κ1) is 17.9. The Kier molecular flexibility index (Phi) is 6.55. The summed E-state index contributed by atoms with van der Waals surface area (Å²) < 4.78 is 0. The van der Waals surface area contributed by atoms with E-state index >= 15 is 0 Å². The lowest BCUT2D eigenvalue weighted by Gasteiger charge is -2.20. The van der Waals surface area contributed by atoms with E-state index in [-0.39, 0.29) is 12.1 Å². The fourth-order valence-corrected chi connectivity index (χ4v) is 1.67. The van der Waals surface area contributed by atoms with Crippen molar-refractivity contribution in [2.75, 3.05) is 6.61 Å². The first-order chi connectivity index (χ1) is 9.74. The van der Waals surface area contributed by atoms with E-state index < -0.39 is 30.8 Å². The Hall–Kier alpha value is -1.20. The molecule has 3 atom stereocenters. The Morgan fingerprint density at radius 2 is 1.81 bits per heavy atom. The van der Waals surface area contributed by atoms with Crippen LogP contribution in [0.15, 0.2) is 12.4 Å². The van der Waals surface area contributed by atoms with Crippen LogP contribution in [0.4, 0.5) is 0 Å². The third-order valence-corrected chi connectivity index (χ3v) is 2.91. The number of hydrogen-bond acceptors (Lipinski definition) is 9. The van der Waals surface area contributed by atoms with Gasteiger partial charge in [-0.1, -0.05) is 0 Å². The summed E-state index contributed by atoms with van der Waals surface area (Å²) in [4.78, 5) is 7.92. The van der Waals surface area contributed by atoms with Crippen LogP contribution in [-0.4, -0.2) is 65.3 Å². The molecular formula is C12H21N3O6. The van der Waals surface area contributed by atoms with Crippen molar-refractivity contribution in [3.63, 3.8) is 0 Å². The van der Waals surface area contributed by atoms with Gasteiger partial charge in [-0.2, -0.15) is 0 Å². The van der Waals surface area contributed by atoms with Crippen molar-refractivity contribution in [1.29, 1.82) is 0 Å². The molecule has 8 N–H and O–H groups in total. The van der Waals surface area contributed by atoms with E-state index in [0.29, 0.717) is 18.5 Å². The molecule has 1 aromatic rings. The number of nitrogens with zero attached hydrogens (tertiary/aromatic N) is 2. The first-order valence-electron chi connectivity index (χ1n) is 6.44. The minimum atomic E-state index is -2.21. The second kappa shape index (κ2) is 7.71. The van der Waals surface area contributed by atoms with E-state index in [4.69, 9.17) is 21.1 Å². The zero-order valence-electron chi connectivity index (χ0n) is 11.4. The summed E-state index contributed by atoms with van der Waals surface area (Å²) in [5.41, 5.74) is 5.61. The lowest BCUT2D eigenvalue weighted by atomic mass is 10.1. The molecule has 3 unspecified atom stereocenters. The van der Waals surface area contributed by atoms with Gasteiger partial charge in [0.1, 0.15) is 18.3 Å². The van der Waals surface area contributed by atoms with Crippen LogP contribution >= 0.6 is 0 Å². The highest BCUT2D eigenvalue weighted by Crippen LogP contribution is 2.16.